The van der Waals surface area contributed by atoms with Crippen LogP contribution < -0.4 is 0 Å². The van der Waals surface area contributed by atoms with Crippen molar-refractivity contribution in [1.29, 1.82) is 0 Å². The molecule has 2 saturated heterocycles. The number of benzene rings is 1. The molecule has 2 aliphatic rings. The quantitative estimate of drug-likeness (QED) is 0.840. The highest BCUT2D eigenvalue weighted by Gasteiger charge is 2.33. The van der Waals surface area contributed by atoms with E-state index < -0.39 is 0 Å². The van der Waals surface area contributed by atoms with Crippen molar-refractivity contribution < 1.29 is 9.59 Å². The lowest BCUT2D eigenvalue weighted by atomic mass is 9.88. The van der Waals surface area contributed by atoms with E-state index in [1.54, 1.807) is 4.90 Å². The summed E-state index contributed by atoms with van der Waals surface area (Å²) < 4.78 is 0. The fraction of sp³-hybridized carbons (Fsp3) is 0.556. The number of amides is 2. The third-order valence-electron chi connectivity index (χ3n) is 5.09. The van der Waals surface area contributed by atoms with Gasteiger partial charge >= 0.3 is 0 Å². The van der Waals surface area contributed by atoms with Crippen molar-refractivity contribution in [3.63, 3.8) is 0 Å². The Morgan fingerprint density at radius 1 is 1.05 bits per heavy atom. The molecule has 0 bridgehead atoms. The van der Waals surface area contributed by atoms with Gasteiger partial charge in [-0.3, -0.25) is 9.59 Å². The number of carbonyl (C=O) groups is 2. The van der Waals surface area contributed by atoms with E-state index in [0.717, 1.165) is 32.4 Å². The lowest BCUT2D eigenvalue weighted by Crippen LogP contribution is -2.46. The van der Waals surface area contributed by atoms with Gasteiger partial charge in [-0.2, -0.15) is 0 Å². The predicted octanol–water partition coefficient (Wildman–Crippen LogP) is 2.26. The predicted molar refractivity (Wildman–Crippen MR) is 85.4 cm³/mol. The molecule has 0 saturated carbocycles. The standard InChI is InChI=1S/C18H24N2O2/c1-19-10-7-16(13-17(19)21)18(22)20-11-8-15(9-12-20)14-5-3-2-4-6-14/h2-6,15-16H,7-13H2,1H3/t16-/m1/s1. The van der Waals surface area contributed by atoms with E-state index in [-0.39, 0.29) is 17.7 Å². The Morgan fingerprint density at radius 2 is 1.73 bits per heavy atom. The van der Waals surface area contributed by atoms with Crippen molar-refractivity contribution in [3.8, 4) is 0 Å². The average molecular weight is 300 g/mol. The van der Waals surface area contributed by atoms with E-state index in [0.29, 0.717) is 18.9 Å². The molecule has 0 radical (unpaired) electrons. The number of hydrogen-bond donors (Lipinski definition) is 0. The molecule has 1 aromatic carbocycles. The molecule has 2 aliphatic heterocycles. The highest BCUT2D eigenvalue weighted by atomic mass is 16.2. The summed E-state index contributed by atoms with van der Waals surface area (Å²) in [6.45, 7) is 2.34. The lowest BCUT2D eigenvalue weighted by Gasteiger charge is -2.36. The van der Waals surface area contributed by atoms with Gasteiger partial charge in [-0.15, -0.1) is 0 Å². The summed E-state index contributed by atoms with van der Waals surface area (Å²) in [5.41, 5.74) is 1.38. The van der Waals surface area contributed by atoms with E-state index in [4.69, 9.17) is 0 Å². The molecule has 1 aromatic rings. The smallest absolute Gasteiger partial charge is 0.226 e. The zero-order valence-electron chi connectivity index (χ0n) is 13.2. The van der Waals surface area contributed by atoms with Crippen molar-refractivity contribution >= 4 is 11.8 Å². The number of carbonyl (C=O) groups excluding carboxylic acids is 2. The molecular weight excluding hydrogens is 276 g/mol. The summed E-state index contributed by atoms with van der Waals surface area (Å²) in [6, 6.07) is 10.6. The van der Waals surface area contributed by atoms with E-state index in [9.17, 15) is 9.59 Å². The van der Waals surface area contributed by atoms with E-state index >= 15 is 0 Å². The first-order valence-corrected chi connectivity index (χ1v) is 8.23. The van der Waals surface area contributed by atoms with Crippen molar-refractivity contribution in [2.75, 3.05) is 26.7 Å². The second-order valence-corrected chi connectivity index (χ2v) is 6.52. The van der Waals surface area contributed by atoms with Gasteiger partial charge in [0.1, 0.15) is 0 Å². The summed E-state index contributed by atoms with van der Waals surface area (Å²) in [6.07, 6.45) is 3.24. The summed E-state index contributed by atoms with van der Waals surface area (Å²) in [7, 11) is 1.81. The maximum Gasteiger partial charge on any atom is 0.226 e. The molecule has 2 amide bonds. The Kier molecular flexibility index (Phi) is 4.46. The molecule has 2 heterocycles. The third-order valence-corrected chi connectivity index (χ3v) is 5.09. The number of hydrogen-bond acceptors (Lipinski definition) is 2. The molecule has 3 rings (SSSR count). The minimum absolute atomic E-state index is 0.100. The molecule has 0 aliphatic carbocycles. The monoisotopic (exact) mass is 300 g/mol. The molecule has 1 atom stereocenters. The van der Waals surface area contributed by atoms with Crippen molar-refractivity contribution in [2.45, 2.75) is 31.6 Å². The van der Waals surface area contributed by atoms with Crippen molar-refractivity contribution in [2.24, 2.45) is 5.92 Å². The molecule has 4 nitrogen and oxygen atoms in total. The van der Waals surface area contributed by atoms with Crippen LogP contribution >= 0.6 is 0 Å². The van der Waals surface area contributed by atoms with E-state index in [2.05, 4.69) is 24.3 Å². The Bertz CT molecular complexity index is 535. The normalized spacial score (nSPS) is 23.7. The van der Waals surface area contributed by atoms with Crippen LogP contribution in [-0.4, -0.2) is 48.3 Å². The Balaban J connectivity index is 1.55. The average Bonchev–Trinajstić information content (AvgIpc) is 2.58. The van der Waals surface area contributed by atoms with Crippen LogP contribution in [-0.2, 0) is 9.59 Å². The highest BCUT2D eigenvalue weighted by molar-refractivity contribution is 5.87. The van der Waals surface area contributed by atoms with Crippen LogP contribution in [0, 0.1) is 5.92 Å². The molecule has 0 aromatic heterocycles. The second-order valence-electron chi connectivity index (χ2n) is 6.52. The highest BCUT2D eigenvalue weighted by Crippen LogP contribution is 2.29. The number of rotatable bonds is 2. The molecule has 118 valence electrons. The van der Waals surface area contributed by atoms with Gasteiger partial charge in [0.15, 0.2) is 0 Å². The fourth-order valence-corrected chi connectivity index (χ4v) is 3.57. The SMILES string of the molecule is CN1CC[C@@H](C(=O)N2CCC(c3ccccc3)CC2)CC1=O. The Morgan fingerprint density at radius 3 is 2.36 bits per heavy atom. The van der Waals surface area contributed by atoms with Gasteiger partial charge in [0.25, 0.3) is 0 Å². The van der Waals surface area contributed by atoms with Crippen molar-refractivity contribution in [3.05, 3.63) is 35.9 Å². The maximum absolute atomic E-state index is 12.6. The molecule has 0 unspecified atom stereocenters. The molecule has 4 heteroatoms. The van der Waals surface area contributed by atoms with Gasteiger partial charge in [0.05, 0.1) is 0 Å². The second kappa shape index (κ2) is 6.51. The minimum atomic E-state index is -0.100. The Labute approximate surface area is 132 Å². The lowest BCUT2D eigenvalue weighted by molar-refractivity contribution is -0.145. The molecule has 0 spiro atoms. The number of nitrogens with zero attached hydrogens (tertiary/aromatic N) is 2. The molecule has 22 heavy (non-hydrogen) atoms. The summed E-state index contributed by atoms with van der Waals surface area (Å²) in [5, 5.41) is 0. The summed E-state index contributed by atoms with van der Waals surface area (Å²) >= 11 is 0. The minimum Gasteiger partial charge on any atom is -0.346 e. The van der Waals surface area contributed by atoms with Gasteiger partial charge < -0.3 is 9.80 Å². The number of likely N-dealkylation sites (tertiary alicyclic amines) is 2. The third kappa shape index (κ3) is 3.16. The maximum atomic E-state index is 12.6. The van der Waals surface area contributed by atoms with Gasteiger partial charge in [-0.05, 0) is 30.7 Å². The molecule has 2 fully saturated rings. The van der Waals surface area contributed by atoms with Crippen LogP contribution in [0.4, 0.5) is 0 Å². The summed E-state index contributed by atoms with van der Waals surface area (Å²) in [4.78, 5) is 28.1. The Hall–Kier alpha value is -1.84. The fourth-order valence-electron chi connectivity index (χ4n) is 3.57. The first-order chi connectivity index (χ1) is 10.6. The van der Waals surface area contributed by atoms with Crippen LogP contribution in [0.3, 0.4) is 0 Å². The zero-order chi connectivity index (χ0) is 15.5. The van der Waals surface area contributed by atoms with Gasteiger partial charge in [-0.1, -0.05) is 30.3 Å². The van der Waals surface area contributed by atoms with Crippen LogP contribution in [0.25, 0.3) is 0 Å². The first-order valence-electron chi connectivity index (χ1n) is 8.23. The zero-order valence-corrected chi connectivity index (χ0v) is 13.2. The van der Waals surface area contributed by atoms with Crippen molar-refractivity contribution in [1.82, 2.24) is 9.80 Å². The van der Waals surface area contributed by atoms with Crippen LogP contribution in [0.15, 0.2) is 30.3 Å². The molecule has 0 N–H and O–H groups in total. The van der Waals surface area contributed by atoms with E-state index in [1.807, 2.05) is 18.0 Å². The van der Waals surface area contributed by atoms with Crippen LogP contribution in [0.5, 0.6) is 0 Å². The largest absolute Gasteiger partial charge is 0.346 e. The van der Waals surface area contributed by atoms with E-state index in [1.165, 1.54) is 5.56 Å². The van der Waals surface area contributed by atoms with Gasteiger partial charge in [-0.25, -0.2) is 0 Å². The van der Waals surface area contributed by atoms with Gasteiger partial charge in [0, 0.05) is 39.0 Å². The number of piperidine rings is 2. The summed E-state index contributed by atoms with van der Waals surface area (Å²) in [5.74, 6) is 0.748. The van der Waals surface area contributed by atoms with Crippen LogP contribution in [0.1, 0.15) is 37.2 Å². The topological polar surface area (TPSA) is 40.6 Å². The van der Waals surface area contributed by atoms with Crippen LogP contribution in [0.2, 0.25) is 0 Å². The van der Waals surface area contributed by atoms with Gasteiger partial charge in [0.2, 0.25) is 11.8 Å². The molecular formula is C18H24N2O2. The first kappa shape index (κ1) is 15.1.